The molecule has 1 N–H and O–H groups in total. The van der Waals surface area contributed by atoms with Crippen LogP contribution in [0.1, 0.15) is 36.5 Å². The summed E-state index contributed by atoms with van der Waals surface area (Å²) in [5, 5.41) is 7.00. The number of hydrogen-bond acceptors (Lipinski definition) is 3. The normalized spacial score (nSPS) is 17.3. The molecule has 0 unspecified atom stereocenters. The maximum absolute atomic E-state index is 5.23. The molecule has 0 bridgehead atoms. The molecular formula is C10H16N2O. The molecule has 0 radical (unpaired) electrons. The number of likely N-dealkylation sites (N-methyl/N-ethyl adjacent to an activating group) is 1. The Hall–Kier alpha value is -0.830. The maximum atomic E-state index is 5.23. The van der Waals surface area contributed by atoms with E-state index >= 15 is 0 Å². The highest BCUT2D eigenvalue weighted by atomic mass is 16.5. The van der Waals surface area contributed by atoms with Crippen molar-refractivity contribution in [3.05, 3.63) is 17.5 Å². The van der Waals surface area contributed by atoms with Gasteiger partial charge in [-0.2, -0.15) is 0 Å². The van der Waals surface area contributed by atoms with E-state index in [0.29, 0.717) is 0 Å². The molecule has 0 spiro atoms. The highest BCUT2D eigenvalue weighted by molar-refractivity contribution is 5.21. The Morgan fingerprint density at radius 1 is 1.62 bits per heavy atom. The summed E-state index contributed by atoms with van der Waals surface area (Å²) < 4.78 is 5.23. The van der Waals surface area contributed by atoms with Gasteiger partial charge in [0.1, 0.15) is 5.76 Å². The third kappa shape index (κ3) is 1.75. The molecule has 0 amide bonds. The fourth-order valence-corrected chi connectivity index (χ4v) is 1.75. The van der Waals surface area contributed by atoms with Crippen LogP contribution in [0, 0.1) is 0 Å². The molecule has 0 saturated heterocycles. The predicted molar refractivity (Wildman–Crippen MR) is 50.7 cm³/mol. The van der Waals surface area contributed by atoms with Gasteiger partial charge < -0.3 is 9.84 Å². The molecule has 1 aliphatic carbocycles. The van der Waals surface area contributed by atoms with Crippen LogP contribution in [0.25, 0.3) is 0 Å². The molecule has 0 aromatic carbocycles. The van der Waals surface area contributed by atoms with E-state index in [1.54, 1.807) is 0 Å². The van der Waals surface area contributed by atoms with Gasteiger partial charge in [-0.05, 0) is 25.8 Å². The Labute approximate surface area is 78.5 Å². The molecule has 1 saturated carbocycles. The molecule has 0 atom stereocenters. The van der Waals surface area contributed by atoms with Crippen LogP contribution < -0.4 is 5.32 Å². The summed E-state index contributed by atoms with van der Waals surface area (Å²) in [6, 6.07) is 0. The molecule has 1 fully saturated rings. The van der Waals surface area contributed by atoms with E-state index in [-0.39, 0.29) is 0 Å². The predicted octanol–water partition coefficient (Wildman–Crippen LogP) is 1.70. The quantitative estimate of drug-likeness (QED) is 0.766. The monoisotopic (exact) mass is 180 g/mol. The van der Waals surface area contributed by atoms with Crippen molar-refractivity contribution in [3.63, 3.8) is 0 Å². The molecule has 3 heteroatoms. The van der Waals surface area contributed by atoms with E-state index in [4.69, 9.17) is 4.52 Å². The van der Waals surface area contributed by atoms with Crippen LogP contribution in [0.15, 0.2) is 10.7 Å². The number of aromatic nitrogens is 1. The zero-order valence-corrected chi connectivity index (χ0v) is 8.05. The van der Waals surface area contributed by atoms with Crippen molar-refractivity contribution in [1.29, 1.82) is 0 Å². The third-order valence-electron chi connectivity index (χ3n) is 2.82. The number of nitrogens with zero attached hydrogens (tertiary/aromatic N) is 1. The summed E-state index contributed by atoms with van der Waals surface area (Å²) in [6.45, 7) is 0.967. The molecule has 1 aliphatic rings. The topological polar surface area (TPSA) is 38.1 Å². The van der Waals surface area contributed by atoms with Crippen molar-refractivity contribution >= 4 is 0 Å². The third-order valence-corrected chi connectivity index (χ3v) is 2.82. The van der Waals surface area contributed by atoms with Crippen molar-refractivity contribution in [2.45, 2.75) is 31.6 Å². The Morgan fingerprint density at radius 2 is 2.46 bits per heavy atom. The maximum Gasteiger partial charge on any atom is 0.141 e. The summed E-state index contributed by atoms with van der Waals surface area (Å²) in [6.07, 6.45) is 6.85. The fraction of sp³-hybridized carbons (Fsp3) is 0.700. The van der Waals surface area contributed by atoms with Crippen molar-refractivity contribution in [2.75, 3.05) is 13.6 Å². The standard InChI is InChI=1S/C10H16N2O/c1-11-6-5-10-9(7-12-13-10)8-3-2-4-8/h7-8,11H,2-6H2,1H3. The van der Waals surface area contributed by atoms with Crippen LogP contribution in [0.2, 0.25) is 0 Å². The molecule has 13 heavy (non-hydrogen) atoms. The fourth-order valence-electron chi connectivity index (χ4n) is 1.75. The first-order valence-corrected chi connectivity index (χ1v) is 5.00. The van der Waals surface area contributed by atoms with Crippen LogP contribution in [-0.4, -0.2) is 18.7 Å². The molecule has 0 aliphatic heterocycles. The van der Waals surface area contributed by atoms with E-state index in [1.807, 2.05) is 13.2 Å². The average Bonchev–Trinajstić information content (AvgIpc) is 2.46. The van der Waals surface area contributed by atoms with Crippen molar-refractivity contribution < 1.29 is 4.52 Å². The van der Waals surface area contributed by atoms with Gasteiger partial charge in [-0.3, -0.25) is 0 Å². The summed E-state index contributed by atoms with van der Waals surface area (Å²) in [7, 11) is 1.96. The van der Waals surface area contributed by atoms with Gasteiger partial charge in [0.25, 0.3) is 0 Å². The Balaban J connectivity index is 2.02. The Morgan fingerprint density at radius 3 is 3.08 bits per heavy atom. The largest absolute Gasteiger partial charge is 0.361 e. The SMILES string of the molecule is CNCCc1oncc1C1CCC1. The van der Waals surface area contributed by atoms with Gasteiger partial charge in [0.05, 0.1) is 6.20 Å². The first kappa shape index (κ1) is 8.75. The van der Waals surface area contributed by atoms with Crippen LogP contribution in [0.4, 0.5) is 0 Å². The molecule has 2 rings (SSSR count). The molecule has 1 aromatic heterocycles. The van der Waals surface area contributed by atoms with Gasteiger partial charge in [0, 0.05) is 18.5 Å². The minimum atomic E-state index is 0.734. The number of rotatable bonds is 4. The van der Waals surface area contributed by atoms with Crippen LogP contribution in [0.5, 0.6) is 0 Å². The lowest BCUT2D eigenvalue weighted by molar-refractivity contribution is 0.368. The highest BCUT2D eigenvalue weighted by Crippen LogP contribution is 2.37. The second kappa shape index (κ2) is 3.92. The van der Waals surface area contributed by atoms with Gasteiger partial charge in [0.2, 0.25) is 0 Å². The van der Waals surface area contributed by atoms with Crippen LogP contribution in [0.3, 0.4) is 0 Å². The van der Waals surface area contributed by atoms with Gasteiger partial charge in [-0.25, -0.2) is 0 Å². The molecule has 72 valence electrons. The molecule has 3 nitrogen and oxygen atoms in total. The molecular weight excluding hydrogens is 164 g/mol. The molecule has 1 aromatic rings. The van der Waals surface area contributed by atoms with Crippen molar-refractivity contribution in [1.82, 2.24) is 10.5 Å². The summed E-state index contributed by atoms with van der Waals surface area (Å²) in [5.74, 6) is 1.82. The lowest BCUT2D eigenvalue weighted by Gasteiger charge is -2.24. The lowest BCUT2D eigenvalue weighted by Crippen LogP contribution is -2.14. The second-order valence-electron chi connectivity index (χ2n) is 3.69. The van der Waals surface area contributed by atoms with Gasteiger partial charge in [-0.15, -0.1) is 0 Å². The summed E-state index contributed by atoms with van der Waals surface area (Å²) in [5.41, 5.74) is 1.35. The van der Waals surface area contributed by atoms with E-state index < -0.39 is 0 Å². The minimum Gasteiger partial charge on any atom is -0.361 e. The average molecular weight is 180 g/mol. The van der Waals surface area contributed by atoms with E-state index in [2.05, 4.69) is 10.5 Å². The Bertz CT molecular complexity index is 266. The van der Waals surface area contributed by atoms with E-state index in [9.17, 15) is 0 Å². The number of hydrogen-bond donors (Lipinski definition) is 1. The summed E-state index contributed by atoms with van der Waals surface area (Å²) >= 11 is 0. The van der Waals surface area contributed by atoms with Gasteiger partial charge in [-0.1, -0.05) is 11.6 Å². The lowest BCUT2D eigenvalue weighted by atomic mass is 9.80. The van der Waals surface area contributed by atoms with Gasteiger partial charge in [0.15, 0.2) is 0 Å². The Kier molecular flexibility index (Phi) is 2.64. The number of nitrogens with one attached hydrogen (secondary N) is 1. The summed E-state index contributed by atoms with van der Waals surface area (Å²) in [4.78, 5) is 0. The van der Waals surface area contributed by atoms with E-state index in [0.717, 1.165) is 24.6 Å². The first-order valence-electron chi connectivity index (χ1n) is 5.00. The minimum absolute atomic E-state index is 0.734. The van der Waals surface area contributed by atoms with Crippen LogP contribution in [-0.2, 0) is 6.42 Å². The zero-order chi connectivity index (χ0) is 9.10. The van der Waals surface area contributed by atoms with E-state index in [1.165, 1.54) is 24.8 Å². The van der Waals surface area contributed by atoms with Gasteiger partial charge >= 0.3 is 0 Å². The zero-order valence-electron chi connectivity index (χ0n) is 8.05. The highest BCUT2D eigenvalue weighted by Gasteiger charge is 2.24. The smallest absolute Gasteiger partial charge is 0.141 e. The first-order chi connectivity index (χ1) is 6.42. The second-order valence-corrected chi connectivity index (χ2v) is 3.69. The van der Waals surface area contributed by atoms with Crippen LogP contribution >= 0.6 is 0 Å². The van der Waals surface area contributed by atoms with Crippen molar-refractivity contribution in [3.8, 4) is 0 Å². The van der Waals surface area contributed by atoms with Crippen molar-refractivity contribution in [2.24, 2.45) is 0 Å². The molecule has 1 heterocycles.